The third-order valence-electron chi connectivity index (χ3n) is 2.42. The molecule has 1 N–H and O–H groups in total. The number of rotatable bonds is 4. The van der Waals surface area contributed by atoms with Crippen molar-refractivity contribution in [3.63, 3.8) is 0 Å². The van der Waals surface area contributed by atoms with Crippen molar-refractivity contribution in [2.24, 2.45) is 0 Å². The van der Waals surface area contributed by atoms with Crippen LogP contribution in [0.5, 0.6) is 0 Å². The quantitative estimate of drug-likeness (QED) is 0.872. The van der Waals surface area contributed by atoms with E-state index in [1.54, 1.807) is 0 Å². The van der Waals surface area contributed by atoms with Gasteiger partial charge >= 0.3 is 0 Å². The third kappa shape index (κ3) is 3.77. The van der Waals surface area contributed by atoms with Crippen molar-refractivity contribution in [2.45, 2.75) is 6.61 Å². The van der Waals surface area contributed by atoms with Crippen LogP contribution in [0.3, 0.4) is 0 Å². The molecule has 0 heterocycles. The fourth-order valence-corrected chi connectivity index (χ4v) is 1.65. The zero-order valence-corrected chi connectivity index (χ0v) is 10.7. The molecule has 19 heavy (non-hydrogen) atoms. The van der Waals surface area contributed by atoms with E-state index in [2.05, 4.69) is 5.48 Å². The lowest BCUT2D eigenvalue weighted by molar-refractivity contribution is 0.0230. The van der Waals surface area contributed by atoms with Gasteiger partial charge in [-0.15, -0.1) is 0 Å². The molecule has 3 nitrogen and oxygen atoms in total. The highest BCUT2D eigenvalue weighted by Gasteiger charge is 2.11. The number of carbonyl (C=O) groups excluding carboxylic acids is 1. The number of amides is 1. The van der Waals surface area contributed by atoms with E-state index in [1.165, 1.54) is 12.1 Å². The average molecular weight is 280 g/mol. The zero-order valence-electron chi connectivity index (χ0n) is 9.90. The topological polar surface area (TPSA) is 38.3 Å². The van der Waals surface area contributed by atoms with Gasteiger partial charge in [-0.2, -0.15) is 0 Å². The molecule has 0 aromatic heterocycles. The van der Waals surface area contributed by atoms with E-state index in [0.29, 0.717) is 0 Å². The lowest BCUT2D eigenvalue weighted by Crippen LogP contribution is -2.24. The van der Waals surface area contributed by atoms with Crippen molar-refractivity contribution in [2.75, 3.05) is 0 Å². The van der Waals surface area contributed by atoms with Crippen LogP contribution in [0.15, 0.2) is 48.5 Å². The van der Waals surface area contributed by atoms with Gasteiger partial charge in [-0.3, -0.25) is 9.63 Å². The molecule has 2 aromatic rings. The van der Waals surface area contributed by atoms with Gasteiger partial charge in [0.15, 0.2) is 0 Å². The van der Waals surface area contributed by atoms with Crippen molar-refractivity contribution >= 4 is 17.5 Å². The molecule has 0 aliphatic heterocycles. The van der Waals surface area contributed by atoms with E-state index in [9.17, 15) is 9.18 Å². The van der Waals surface area contributed by atoms with Crippen LogP contribution in [0.1, 0.15) is 15.9 Å². The van der Waals surface area contributed by atoms with Crippen molar-refractivity contribution in [3.8, 4) is 0 Å². The first-order chi connectivity index (χ1) is 9.16. The lowest BCUT2D eigenvalue weighted by atomic mass is 10.2. The number of hydrogen-bond acceptors (Lipinski definition) is 2. The van der Waals surface area contributed by atoms with Crippen molar-refractivity contribution < 1.29 is 14.0 Å². The van der Waals surface area contributed by atoms with Crippen LogP contribution in [0, 0.1) is 5.82 Å². The zero-order chi connectivity index (χ0) is 13.7. The van der Waals surface area contributed by atoms with Crippen LogP contribution in [0.25, 0.3) is 0 Å². The molecule has 0 bridgehead atoms. The number of nitrogens with one attached hydrogen (secondary N) is 1. The van der Waals surface area contributed by atoms with Crippen molar-refractivity contribution in [1.82, 2.24) is 5.48 Å². The normalized spacial score (nSPS) is 10.2. The molecule has 98 valence electrons. The summed E-state index contributed by atoms with van der Waals surface area (Å²) in [5.41, 5.74) is 2.97. The number of benzene rings is 2. The molecule has 0 unspecified atom stereocenters. The Morgan fingerprint density at radius 3 is 2.63 bits per heavy atom. The molecule has 0 radical (unpaired) electrons. The van der Waals surface area contributed by atoms with E-state index in [1.807, 2.05) is 30.3 Å². The molecule has 0 spiro atoms. The van der Waals surface area contributed by atoms with E-state index in [0.717, 1.165) is 11.6 Å². The number of carbonyl (C=O) groups is 1. The summed E-state index contributed by atoms with van der Waals surface area (Å²) in [6.07, 6.45) is 0. The van der Waals surface area contributed by atoms with Crippen LogP contribution < -0.4 is 5.48 Å². The van der Waals surface area contributed by atoms with E-state index in [-0.39, 0.29) is 17.2 Å². The van der Waals surface area contributed by atoms with Gasteiger partial charge < -0.3 is 0 Å². The standard InChI is InChI=1S/C14H11ClFNO2/c15-11-6-7-12(13(16)8-11)14(18)17-19-9-10-4-2-1-3-5-10/h1-8H,9H2,(H,17,18). The fraction of sp³-hybridized carbons (Fsp3) is 0.0714. The first-order valence-electron chi connectivity index (χ1n) is 5.58. The SMILES string of the molecule is O=C(NOCc1ccccc1)c1ccc(Cl)cc1F. The summed E-state index contributed by atoms with van der Waals surface area (Å²) < 4.78 is 13.5. The highest BCUT2D eigenvalue weighted by molar-refractivity contribution is 6.30. The summed E-state index contributed by atoms with van der Waals surface area (Å²) >= 11 is 5.60. The van der Waals surface area contributed by atoms with Gasteiger partial charge in [-0.1, -0.05) is 41.9 Å². The monoisotopic (exact) mass is 279 g/mol. The Morgan fingerprint density at radius 1 is 1.21 bits per heavy atom. The Morgan fingerprint density at radius 2 is 1.95 bits per heavy atom. The highest BCUT2D eigenvalue weighted by atomic mass is 35.5. The van der Waals surface area contributed by atoms with Gasteiger partial charge in [-0.25, -0.2) is 9.87 Å². The van der Waals surface area contributed by atoms with Gasteiger partial charge in [0.25, 0.3) is 5.91 Å². The first kappa shape index (κ1) is 13.5. The van der Waals surface area contributed by atoms with Crippen LogP contribution >= 0.6 is 11.6 Å². The highest BCUT2D eigenvalue weighted by Crippen LogP contribution is 2.14. The summed E-state index contributed by atoms with van der Waals surface area (Å²) in [6.45, 7) is 0.210. The number of halogens is 2. The minimum absolute atomic E-state index is 0.113. The Kier molecular flexibility index (Phi) is 4.49. The van der Waals surface area contributed by atoms with Gasteiger partial charge in [0.1, 0.15) is 5.82 Å². The maximum Gasteiger partial charge on any atom is 0.277 e. The third-order valence-corrected chi connectivity index (χ3v) is 2.66. The minimum atomic E-state index is -0.687. The van der Waals surface area contributed by atoms with Crippen LogP contribution in [0.4, 0.5) is 4.39 Å². The maximum atomic E-state index is 13.5. The Labute approximate surface area is 114 Å². The molecule has 0 saturated heterocycles. The summed E-state index contributed by atoms with van der Waals surface area (Å²) in [5, 5.41) is 0.235. The summed E-state index contributed by atoms with van der Waals surface area (Å²) in [4.78, 5) is 16.7. The fourth-order valence-electron chi connectivity index (χ4n) is 1.49. The molecule has 0 aliphatic carbocycles. The summed E-state index contributed by atoms with van der Waals surface area (Å²) in [7, 11) is 0. The van der Waals surface area contributed by atoms with E-state index >= 15 is 0 Å². The van der Waals surface area contributed by atoms with Gasteiger partial charge in [-0.05, 0) is 23.8 Å². The molecule has 0 fully saturated rings. The predicted octanol–water partition coefficient (Wildman–Crippen LogP) is 3.34. The summed E-state index contributed by atoms with van der Waals surface area (Å²) in [5.74, 6) is -1.33. The molecule has 1 amide bonds. The molecule has 2 aromatic carbocycles. The molecule has 0 atom stereocenters. The average Bonchev–Trinajstić information content (AvgIpc) is 2.39. The predicted molar refractivity (Wildman–Crippen MR) is 70.1 cm³/mol. The van der Waals surface area contributed by atoms with Crippen LogP contribution in [0.2, 0.25) is 5.02 Å². The Bertz CT molecular complexity index is 575. The molecule has 0 saturated carbocycles. The molecule has 5 heteroatoms. The van der Waals surface area contributed by atoms with Crippen molar-refractivity contribution in [1.29, 1.82) is 0 Å². The number of hydrogen-bond donors (Lipinski definition) is 1. The second kappa shape index (κ2) is 6.31. The molecular formula is C14H11ClFNO2. The Balaban J connectivity index is 1.91. The van der Waals surface area contributed by atoms with Gasteiger partial charge in [0, 0.05) is 5.02 Å². The van der Waals surface area contributed by atoms with Crippen molar-refractivity contribution in [3.05, 3.63) is 70.5 Å². The minimum Gasteiger partial charge on any atom is -0.269 e. The Hall–Kier alpha value is -1.91. The summed E-state index contributed by atoms with van der Waals surface area (Å²) in [6, 6.07) is 13.1. The number of hydroxylamine groups is 1. The van der Waals surface area contributed by atoms with Gasteiger partial charge in [0.2, 0.25) is 0 Å². The van der Waals surface area contributed by atoms with Gasteiger partial charge in [0.05, 0.1) is 12.2 Å². The molecule has 0 aliphatic rings. The lowest BCUT2D eigenvalue weighted by Gasteiger charge is -2.06. The second-order valence-corrected chi connectivity index (χ2v) is 4.27. The smallest absolute Gasteiger partial charge is 0.269 e. The van der Waals surface area contributed by atoms with Crippen LogP contribution in [-0.4, -0.2) is 5.91 Å². The molecular weight excluding hydrogens is 269 g/mol. The second-order valence-electron chi connectivity index (χ2n) is 3.83. The van der Waals surface area contributed by atoms with E-state index < -0.39 is 11.7 Å². The maximum absolute atomic E-state index is 13.5. The van der Waals surface area contributed by atoms with Crippen LogP contribution in [-0.2, 0) is 11.4 Å². The first-order valence-corrected chi connectivity index (χ1v) is 5.96. The van der Waals surface area contributed by atoms with E-state index in [4.69, 9.17) is 16.4 Å². The molecule has 2 rings (SSSR count). The largest absolute Gasteiger partial charge is 0.277 e.